The second-order valence-corrected chi connectivity index (χ2v) is 8.79. The van der Waals surface area contributed by atoms with Crippen molar-refractivity contribution in [3.05, 3.63) is 36.4 Å². The molecule has 0 fully saturated rings. The van der Waals surface area contributed by atoms with Crippen LogP contribution in [0.3, 0.4) is 0 Å². The van der Waals surface area contributed by atoms with Crippen molar-refractivity contribution in [2.45, 2.75) is 117 Å². The summed E-state index contributed by atoms with van der Waals surface area (Å²) in [6, 6.07) is 7.19. The minimum absolute atomic E-state index is 0.392. The Hall–Kier alpha value is -1.77. The summed E-state index contributed by atoms with van der Waals surface area (Å²) in [7, 11) is 0. The molecule has 0 radical (unpaired) electrons. The molecule has 1 aromatic rings. The van der Waals surface area contributed by atoms with Crippen LogP contribution in [0, 0.1) is 0 Å². The van der Waals surface area contributed by atoms with Crippen molar-refractivity contribution in [2.75, 3.05) is 6.61 Å². The van der Waals surface area contributed by atoms with Crippen LogP contribution in [0.5, 0.6) is 11.5 Å². The molecule has 3 nitrogen and oxygen atoms in total. The van der Waals surface area contributed by atoms with Gasteiger partial charge in [-0.1, -0.05) is 110 Å². The van der Waals surface area contributed by atoms with E-state index in [9.17, 15) is 4.79 Å². The zero-order chi connectivity index (χ0) is 22.6. The number of benzene rings is 1. The maximum Gasteiger partial charge on any atom is 0.338 e. The van der Waals surface area contributed by atoms with Gasteiger partial charge in [0.25, 0.3) is 0 Å². The molecular formula is C28H46O3. The van der Waals surface area contributed by atoms with Crippen molar-refractivity contribution in [3.8, 4) is 11.5 Å². The monoisotopic (exact) mass is 430 g/mol. The SMILES string of the molecule is C=C(C)C(=O)Oc1ccc(OCCCCCCCCCCCCCCCCCC)cc1. The minimum Gasteiger partial charge on any atom is -0.494 e. The number of hydrogen-bond donors (Lipinski definition) is 0. The molecule has 0 saturated heterocycles. The van der Waals surface area contributed by atoms with Crippen molar-refractivity contribution in [1.82, 2.24) is 0 Å². The van der Waals surface area contributed by atoms with E-state index in [2.05, 4.69) is 13.5 Å². The lowest BCUT2D eigenvalue weighted by Crippen LogP contribution is -2.08. The zero-order valence-corrected chi connectivity index (χ0v) is 20.3. The van der Waals surface area contributed by atoms with Crippen molar-refractivity contribution in [1.29, 1.82) is 0 Å². The third kappa shape index (κ3) is 15.6. The van der Waals surface area contributed by atoms with Crippen LogP contribution < -0.4 is 9.47 Å². The summed E-state index contributed by atoms with van der Waals surface area (Å²) in [4.78, 5) is 11.5. The van der Waals surface area contributed by atoms with Crippen molar-refractivity contribution < 1.29 is 14.3 Å². The van der Waals surface area contributed by atoms with Gasteiger partial charge < -0.3 is 9.47 Å². The fourth-order valence-electron chi connectivity index (χ4n) is 3.64. The number of rotatable bonds is 20. The molecule has 1 rings (SSSR count). The first-order valence-electron chi connectivity index (χ1n) is 12.7. The molecule has 0 N–H and O–H groups in total. The molecule has 0 aliphatic rings. The highest BCUT2D eigenvalue weighted by Gasteiger charge is 2.05. The number of ether oxygens (including phenoxy) is 2. The topological polar surface area (TPSA) is 35.5 Å². The molecule has 0 atom stereocenters. The summed E-state index contributed by atoms with van der Waals surface area (Å²) in [6.45, 7) is 8.24. The summed E-state index contributed by atoms with van der Waals surface area (Å²) in [5.41, 5.74) is 0.392. The van der Waals surface area contributed by atoms with E-state index < -0.39 is 5.97 Å². The van der Waals surface area contributed by atoms with Crippen molar-refractivity contribution in [2.24, 2.45) is 0 Å². The van der Waals surface area contributed by atoms with Gasteiger partial charge in [0.05, 0.1) is 6.61 Å². The number of carbonyl (C=O) groups excluding carboxylic acids is 1. The summed E-state index contributed by atoms with van der Waals surface area (Å²) < 4.78 is 10.9. The maximum atomic E-state index is 11.5. The van der Waals surface area contributed by atoms with Gasteiger partial charge in [0.15, 0.2) is 0 Å². The van der Waals surface area contributed by atoms with Gasteiger partial charge in [-0.15, -0.1) is 0 Å². The van der Waals surface area contributed by atoms with E-state index >= 15 is 0 Å². The Morgan fingerprint density at radius 3 is 1.48 bits per heavy atom. The Balaban J connectivity index is 1.86. The molecule has 0 bridgehead atoms. The number of unbranched alkanes of at least 4 members (excludes halogenated alkanes) is 15. The van der Waals surface area contributed by atoms with Crippen molar-refractivity contribution >= 4 is 5.97 Å². The standard InChI is InChI=1S/C28H46O3/c1-4-5-6-7-8-9-10-11-12-13-14-15-16-17-18-19-24-30-26-20-22-27(23-21-26)31-28(29)25(2)3/h20-23H,2,4-19,24H2,1,3H3. The molecule has 0 amide bonds. The van der Waals surface area contributed by atoms with Crippen LogP contribution in [0.25, 0.3) is 0 Å². The Morgan fingerprint density at radius 2 is 1.06 bits per heavy atom. The lowest BCUT2D eigenvalue weighted by molar-refractivity contribution is -0.130. The van der Waals surface area contributed by atoms with Crippen LogP contribution in [0.2, 0.25) is 0 Å². The van der Waals surface area contributed by atoms with Gasteiger partial charge in [-0.3, -0.25) is 0 Å². The van der Waals surface area contributed by atoms with Gasteiger partial charge in [-0.05, 0) is 37.6 Å². The number of hydrogen-bond acceptors (Lipinski definition) is 3. The molecule has 3 heteroatoms. The maximum absolute atomic E-state index is 11.5. The van der Waals surface area contributed by atoms with Gasteiger partial charge in [0.1, 0.15) is 11.5 Å². The van der Waals surface area contributed by atoms with E-state index in [4.69, 9.17) is 9.47 Å². The van der Waals surface area contributed by atoms with E-state index in [1.807, 2.05) is 12.1 Å². The fraction of sp³-hybridized carbons (Fsp3) is 0.679. The van der Waals surface area contributed by atoms with Crippen LogP contribution in [0.15, 0.2) is 36.4 Å². The molecule has 0 unspecified atom stereocenters. The average molecular weight is 431 g/mol. The molecule has 176 valence electrons. The molecule has 0 heterocycles. The van der Waals surface area contributed by atoms with Gasteiger partial charge in [-0.2, -0.15) is 0 Å². The Bertz CT molecular complexity index is 576. The molecule has 0 spiro atoms. The molecule has 0 aromatic heterocycles. The Labute approximate surface area is 191 Å². The molecular weight excluding hydrogens is 384 g/mol. The smallest absolute Gasteiger partial charge is 0.338 e. The van der Waals surface area contributed by atoms with E-state index in [-0.39, 0.29) is 0 Å². The van der Waals surface area contributed by atoms with Gasteiger partial charge >= 0.3 is 5.97 Å². The average Bonchev–Trinajstić information content (AvgIpc) is 2.77. The summed E-state index contributed by atoms with van der Waals surface area (Å²) in [6.07, 6.45) is 22.0. The number of carbonyl (C=O) groups is 1. The van der Waals surface area contributed by atoms with Crippen LogP contribution in [-0.4, -0.2) is 12.6 Å². The third-order valence-electron chi connectivity index (χ3n) is 5.65. The normalized spacial score (nSPS) is 10.8. The highest BCUT2D eigenvalue weighted by Crippen LogP contribution is 2.19. The largest absolute Gasteiger partial charge is 0.494 e. The van der Waals surface area contributed by atoms with E-state index in [1.54, 1.807) is 19.1 Å². The van der Waals surface area contributed by atoms with E-state index in [0.717, 1.165) is 18.8 Å². The quantitative estimate of drug-likeness (QED) is 0.0897. The lowest BCUT2D eigenvalue weighted by atomic mass is 10.0. The van der Waals surface area contributed by atoms with Gasteiger partial charge in [0, 0.05) is 5.57 Å². The van der Waals surface area contributed by atoms with Crippen LogP contribution >= 0.6 is 0 Å². The first-order chi connectivity index (χ1) is 15.1. The lowest BCUT2D eigenvalue weighted by Gasteiger charge is -2.08. The molecule has 31 heavy (non-hydrogen) atoms. The second kappa shape index (κ2) is 19.0. The minimum atomic E-state index is -0.401. The van der Waals surface area contributed by atoms with Crippen molar-refractivity contribution in [3.63, 3.8) is 0 Å². The first-order valence-corrected chi connectivity index (χ1v) is 12.7. The summed E-state index contributed by atoms with van der Waals surface area (Å²) >= 11 is 0. The van der Waals surface area contributed by atoms with Crippen LogP contribution in [0.4, 0.5) is 0 Å². The summed E-state index contributed by atoms with van der Waals surface area (Å²) in [5, 5.41) is 0. The second-order valence-electron chi connectivity index (χ2n) is 8.79. The molecule has 0 aliphatic carbocycles. The highest BCUT2D eigenvalue weighted by atomic mass is 16.5. The summed E-state index contributed by atoms with van der Waals surface area (Å²) in [5.74, 6) is 0.931. The Morgan fingerprint density at radius 1 is 0.677 bits per heavy atom. The van der Waals surface area contributed by atoms with Crippen LogP contribution in [-0.2, 0) is 4.79 Å². The van der Waals surface area contributed by atoms with E-state index in [1.165, 1.54) is 96.3 Å². The van der Waals surface area contributed by atoms with Gasteiger partial charge in [0.2, 0.25) is 0 Å². The predicted octanol–water partition coefficient (Wildman–Crippen LogP) is 8.81. The van der Waals surface area contributed by atoms with Gasteiger partial charge in [-0.25, -0.2) is 4.79 Å². The predicted molar refractivity (Wildman–Crippen MR) is 132 cm³/mol. The highest BCUT2D eigenvalue weighted by molar-refractivity contribution is 5.88. The first kappa shape index (κ1) is 27.3. The third-order valence-corrected chi connectivity index (χ3v) is 5.65. The molecule has 1 aromatic carbocycles. The molecule has 0 saturated carbocycles. The number of esters is 1. The van der Waals surface area contributed by atoms with Crippen LogP contribution in [0.1, 0.15) is 117 Å². The molecule has 0 aliphatic heterocycles. The Kier molecular flexibility index (Phi) is 16.7. The van der Waals surface area contributed by atoms with E-state index in [0.29, 0.717) is 11.3 Å². The fourth-order valence-corrected chi connectivity index (χ4v) is 3.64. The zero-order valence-electron chi connectivity index (χ0n) is 20.3.